The second-order valence-electron chi connectivity index (χ2n) is 7.41. The van der Waals surface area contributed by atoms with Crippen molar-refractivity contribution in [1.29, 1.82) is 0 Å². The monoisotopic (exact) mass is 362 g/mol. The Morgan fingerprint density at radius 1 is 1.15 bits per heavy atom. The van der Waals surface area contributed by atoms with E-state index in [0.717, 1.165) is 31.3 Å². The van der Waals surface area contributed by atoms with Crippen LogP contribution in [0, 0.1) is 23.7 Å². The summed E-state index contributed by atoms with van der Waals surface area (Å²) in [5.74, 6) is 5.79. The fourth-order valence-electron chi connectivity index (χ4n) is 3.13. The van der Waals surface area contributed by atoms with Gasteiger partial charge in [0.05, 0.1) is 19.4 Å². The van der Waals surface area contributed by atoms with Crippen molar-refractivity contribution < 1.29 is 19.1 Å². The number of hydrogen-bond donors (Lipinski definition) is 0. The lowest BCUT2D eigenvalue weighted by molar-refractivity contribution is -0.153. The molecule has 1 aliphatic carbocycles. The van der Waals surface area contributed by atoms with E-state index in [1.165, 1.54) is 19.3 Å². The fraction of sp³-hybridized carbons (Fsp3) is 0.727. The van der Waals surface area contributed by atoms with Gasteiger partial charge in [0.2, 0.25) is 0 Å². The van der Waals surface area contributed by atoms with Crippen LogP contribution in [0.2, 0.25) is 0 Å². The molecule has 2 atom stereocenters. The van der Waals surface area contributed by atoms with E-state index in [1.807, 2.05) is 13.8 Å². The van der Waals surface area contributed by atoms with Gasteiger partial charge < -0.3 is 9.47 Å². The summed E-state index contributed by atoms with van der Waals surface area (Å²) in [5, 5.41) is 0. The summed E-state index contributed by atoms with van der Waals surface area (Å²) in [5.41, 5.74) is 0.737. The van der Waals surface area contributed by atoms with Crippen molar-refractivity contribution in [3.63, 3.8) is 0 Å². The quantitative estimate of drug-likeness (QED) is 0.436. The maximum atomic E-state index is 12.1. The molecule has 0 N–H and O–H groups in total. The molecule has 0 aromatic rings. The van der Waals surface area contributed by atoms with Crippen molar-refractivity contribution in [3.05, 3.63) is 12.2 Å². The molecule has 0 aromatic heterocycles. The Kier molecular flexibility index (Phi) is 10.8. The van der Waals surface area contributed by atoms with E-state index in [0.29, 0.717) is 12.5 Å². The van der Waals surface area contributed by atoms with Crippen LogP contribution in [-0.4, -0.2) is 24.6 Å². The van der Waals surface area contributed by atoms with Crippen molar-refractivity contribution in [2.24, 2.45) is 11.8 Å². The zero-order valence-electron chi connectivity index (χ0n) is 16.6. The first kappa shape index (κ1) is 22.3. The SMILES string of the molecule is C=C(C)C#CC(OC(=O)CCC(=O)OCC1CCCCC1)C(C)CCC. The van der Waals surface area contributed by atoms with Gasteiger partial charge in [-0.1, -0.05) is 58.0 Å². The average molecular weight is 363 g/mol. The summed E-state index contributed by atoms with van der Waals surface area (Å²) in [6, 6.07) is 0. The van der Waals surface area contributed by atoms with Crippen LogP contribution >= 0.6 is 0 Å². The molecule has 0 spiro atoms. The highest BCUT2D eigenvalue weighted by Crippen LogP contribution is 2.23. The van der Waals surface area contributed by atoms with Crippen molar-refractivity contribution in [3.8, 4) is 11.8 Å². The highest BCUT2D eigenvalue weighted by molar-refractivity contribution is 5.77. The van der Waals surface area contributed by atoms with Gasteiger partial charge in [0.15, 0.2) is 6.10 Å². The molecule has 146 valence electrons. The van der Waals surface area contributed by atoms with Crippen LogP contribution in [0.3, 0.4) is 0 Å². The van der Waals surface area contributed by atoms with Gasteiger partial charge in [-0.3, -0.25) is 9.59 Å². The highest BCUT2D eigenvalue weighted by Gasteiger charge is 2.20. The van der Waals surface area contributed by atoms with Crippen molar-refractivity contribution in [2.45, 2.75) is 84.7 Å². The molecule has 0 radical (unpaired) electrons. The summed E-state index contributed by atoms with van der Waals surface area (Å²) in [7, 11) is 0. The third-order valence-corrected chi connectivity index (χ3v) is 4.69. The number of carbonyl (C=O) groups is 2. The number of allylic oxidation sites excluding steroid dienone is 1. The lowest BCUT2D eigenvalue weighted by atomic mass is 9.90. The predicted octanol–water partition coefficient (Wildman–Crippen LogP) is 4.82. The van der Waals surface area contributed by atoms with Crippen LogP contribution in [0.4, 0.5) is 0 Å². The maximum Gasteiger partial charge on any atom is 0.307 e. The first-order valence-electron chi connectivity index (χ1n) is 9.94. The molecule has 0 amide bonds. The third kappa shape index (κ3) is 9.65. The molecule has 0 aromatic carbocycles. The van der Waals surface area contributed by atoms with Gasteiger partial charge in [0, 0.05) is 5.92 Å². The molecule has 0 bridgehead atoms. The summed E-state index contributed by atoms with van der Waals surface area (Å²) in [4.78, 5) is 24.0. The van der Waals surface area contributed by atoms with E-state index in [1.54, 1.807) is 0 Å². The lowest BCUT2D eigenvalue weighted by Crippen LogP contribution is -2.24. The molecule has 0 heterocycles. The smallest absolute Gasteiger partial charge is 0.307 e. The minimum atomic E-state index is -0.461. The molecule has 1 saturated carbocycles. The summed E-state index contributed by atoms with van der Waals surface area (Å²) >= 11 is 0. The van der Waals surface area contributed by atoms with Crippen molar-refractivity contribution in [2.75, 3.05) is 6.61 Å². The van der Waals surface area contributed by atoms with Crippen LogP contribution < -0.4 is 0 Å². The van der Waals surface area contributed by atoms with Crippen LogP contribution in [0.1, 0.15) is 78.6 Å². The highest BCUT2D eigenvalue weighted by atomic mass is 16.5. The Balaban J connectivity index is 2.37. The predicted molar refractivity (Wildman–Crippen MR) is 103 cm³/mol. The number of ether oxygens (including phenoxy) is 2. The molecule has 4 heteroatoms. The van der Waals surface area contributed by atoms with Crippen molar-refractivity contribution in [1.82, 2.24) is 0 Å². The first-order valence-corrected chi connectivity index (χ1v) is 9.94. The van der Waals surface area contributed by atoms with Crippen LogP contribution in [-0.2, 0) is 19.1 Å². The Morgan fingerprint density at radius 3 is 2.42 bits per heavy atom. The molecule has 1 rings (SSSR count). The molecule has 1 fully saturated rings. The summed E-state index contributed by atoms with van der Waals surface area (Å²) in [6.45, 7) is 10.2. The average Bonchev–Trinajstić information content (AvgIpc) is 2.62. The van der Waals surface area contributed by atoms with Gasteiger partial charge in [-0.25, -0.2) is 0 Å². The summed E-state index contributed by atoms with van der Waals surface area (Å²) < 4.78 is 10.8. The maximum absolute atomic E-state index is 12.1. The topological polar surface area (TPSA) is 52.6 Å². The van der Waals surface area contributed by atoms with Gasteiger partial charge in [0.1, 0.15) is 0 Å². The largest absolute Gasteiger partial charge is 0.465 e. The standard InChI is InChI=1S/C22H34O4/c1-5-9-18(4)20(13-12-17(2)3)26-22(24)15-14-21(23)25-16-19-10-7-6-8-11-19/h18-20H,2,5-11,14-16H2,1,3-4H3. The normalized spacial score (nSPS) is 16.7. The van der Waals surface area contributed by atoms with Gasteiger partial charge in [-0.05, 0) is 37.7 Å². The molecule has 4 nitrogen and oxygen atoms in total. The Labute approximate surface area is 158 Å². The van der Waals surface area contributed by atoms with Crippen LogP contribution in [0.25, 0.3) is 0 Å². The van der Waals surface area contributed by atoms with Crippen LogP contribution in [0.5, 0.6) is 0 Å². The van der Waals surface area contributed by atoms with Gasteiger partial charge >= 0.3 is 11.9 Å². The van der Waals surface area contributed by atoms with Gasteiger partial charge in [0.25, 0.3) is 0 Å². The lowest BCUT2D eigenvalue weighted by Gasteiger charge is -2.21. The van der Waals surface area contributed by atoms with Crippen LogP contribution in [0.15, 0.2) is 12.2 Å². The molecular weight excluding hydrogens is 328 g/mol. The molecule has 0 saturated heterocycles. The van der Waals surface area contributed by atoms with E-state index < -0.39 is 12.1 Å². The van der Waals surface area contributed by atoms with Gasteiger partial charge in [-0.15, -0.1) is 0 Å². The minimum Gasteiger partial charge on any atom is -0.465 e. The number of rotatable bonds is 9. The fourth-order valence-corrected chi connectivity index (χ4v) is 3.13. The number of hydrogen-bond acceptors (Lipinski definition) is 4. The van der Waals surface area contributed by atoms with E-state index >= 15 is 0 Å². The first-order chi connectivity index (χ1) is 12.4. The Bertz CT molecular complexity index is 520. The Morgan fingerprint density at radius 2 is 1.81 bits per heavy atom. The van der Waals surface area contributed by atoms with Crippen molar-refractivity contribution >= 4 is 11.9 Å². The zero-order chi connectivity index (χ0) is 19.4. The van der Waals surface area contributed by atoms with Gasteiger partial charge in [-0.2, -0.15) is 0 Å². The summed E-state index contributed by atoms with van der Waals surface area (Å²) in [6.07, 6.45) is 7.54. The molecule has 0 aliphatic heterocycles. The molecule has 1 aliphatic rings. The number of esters is 2. The second-order valence-corrected chi connectivity index (χ2v) is 7.41. The number of carbonyl (C=O) groups excluding carboxylic acids is 2. The third-order valence-electron chi connectivity index (χ3n) is 4.69. The Hall–Kier alpha value is -1.76. The second kappa shape index (κ2) is 12.6. The molecule has 2 unspecified atom stereocenters. The van der Waals surface area contributed by atoms with E-state index in [9.17, 15) is 9.59 Å². The molecule has 26 heavy (non-hydrogen) atoms. The van der Waals surface area contributed by atoms with E-state index in [4.69, 9.17) is 9.47 Å². The minimum absolute atomic E-state index is 0.0353. The molecular formula is C22H34O4. The zero-order valence-corrected chi connectivity index (χ0v) is 16.6. The van der Waals surface area contributed by atoms with E-state index in [2.05, 4.69) is 25.3 Å². The van der Waals surface area contributed by atoms with E-state index in [-0.39, 0.29) is 24.7 Å².